The third-order valence-corrected chi connectivity index (χ3v) is 2.06. The molecule has 0 saturated carbocycles. The van der Waals surface area contributed by atoms with Crippen LogP contribution in [0, 0.1) is 5.92 Å². The molecule has 2 atom stereocenters. The molecule has 0 aliphatic rings. The zero-order valence-electron chi connectivity index (χ0n) is 8.09. The van der Waals surface area contributed by atoms with Gasteiger partial charge in [-0.15, -0.1) is 0 Å². The van der Waals surface area contributed by atoms with Gasteiger partial charge >= 0.3 is 0 Å². The van der Waals surface area contributed by atoms with E-state index in [0.29, 0.717) is 5.92 Å². The largest absolute Gasteiger partial charge is 0.316 e. The van der Waals surface area contributed by atoms with Gasteiger partial charge in [0.05, 0.1) is 12.3 Å². The normalized spacial score (nSPS) is 16.5. The Kier molecular flexibility index (Phi) is 6.28. The number of hydrogen-bond donors (Lipinski definition) is 4. The molecule has 0 aromatic rings. The lowest BCUT2D eigenvalue weighted by Gasteiger charge is -2.18. The molecule has 0 rings (SSSR count). The average Bonchev–Trinajstić information content (AvgIpc) is 2.00. The van der Waals surface area contributed by atoms with Gasteiger partial charge < -0.3 is 22.5 Å². The second kappa shape index (κ2) is 6.37. The zero-order chi connectivity index (χ0) is 9.56. The molecule has 0 spiro atoms. The first-order chi connectivity index (χ1) is 5.57. The summed E-state index contributed by atoms with van der Waals surface area (Å²) in [6.07, 6.45) is 1.76. The van der Waals surface area contributed by atoms with Crippen molar-refractivity contribution in [2.24, 2.45) is 23.1 Å². The van der Waals surface area contributed by atoms with Gasteiger partial charge in [-0.2, -0.15) is 0 Å². The van der Waals surface area contributed by atoms with Crippen molar-refractivity contribution in [3.8, 4) is 0 Å². The van der Waals surface area contributed by atoms with Gasteiger partial charge in [-0.25, -0.2) is 0 Å². The highest BCUT2D eigenvalue weighted by atomic mass is 15.0. The highest BCUT2D eigenvalue weighted by molar-refractivity contribution is 4.66. The quantitative estimate of drug-likeness (QED) is 0.410. The van der Waals surface area contributed by atoms with E-state index in [1.807, 2.05) is 13.8 Å². The second-order valence-electron chi connectivity index (χ2n) is 3.30. The summed E-state index contributed by atoms with van der Waals surface area (Å²) in [5.41, 5.74) is 16.8. The Balaban J connectivity index is 3.40. The van der Waals surface area contributed by atoms with Crippen molar-refractivity contribution in [2.75, 3.05) is 6.54 Å². The predicted molar refractivity (Wildman–Crippen MR) is 52.2 cm³/mol. The third-order valence-electron chi connectivity index (χ3n) is 2.06. The van der Waals surface area contributed by atoms with Crippen LogP contribution < -0.4 is 22.5 Å². The highest BCUT2D eigenvalue weighted by Gasteiger charge is 2.09. The van der Waals surface area contributed by atoms with Crippen LogP contribution in [0.4, 0.5) is 0 Å². The molecule has 12 heavy (non-hydrogen) atoms. The van der Waals surface area contributed by atoms with Gasteiger partial charge in [0.1, 0.15) is 0 Å². The number of nitrogens with two attached hydrogens (primary N) is 3. The maximum absolute atomic E-state index is 5.74. The van der Waals surface area contributed by atoms with E-state index >= 15 is 0 Å². The minimum absolute atomic E-state index is 0.0798. The first-order valence-corrected chi connectivity index (χ1v) is 4.58. The first-order valence-electron chi connectivity index (χ1n) is 4.58. The van der Waals surface area contributed by atoms with Gasteiger partial charge in [0.25, 0.3) is 0 Å². The Morgan fingerprint density at radius 2 is 1.75 bits per heavy atom. The Labute approximate surface area is 74.9 Å². The number of rotatable bonds is 6. The maximum Gasteiger partial charge on any atom is 0.0547 e. The van der Waals surface area contributed by atoms with Crippen LogP contribution in [0.2, 0.25) is 0 Å². The van der Waals surface area contributed by atoms with Crippen LogP contribution in [0.1, 0.15) is 26.7 Å². The molecule has 0 heterocycles. The molecular formula is C8H22N4. The van der Waals surface area contributed by atoms with E-state index < -0.39 is 0 Å². The van der Waals surface area contributed by atoms with Crippen molar-refractivity contribution in [1.29, 1.82) is 0 Å². The highest BCUT2D eigenvalue weighted by Crippen LogP contribution is 2.06. The van der Waals surface area contributed by atoms with Crippen LogP contribution in [0.25, 0.3) is 0 Å². The van der Waals surface area contributed by atoms with Crippen molar-refractivity contribution in [3.63, 3.8) is 0 Å². The molecule has 4 heteroatoms. The van der Waals surface area contributed by atoms with Crippen LogP contribution >= 0.6 is 0 Å². The van der Waals surface area contributed by atoms with Gasteiger partial charge in [-0.3, -0.25) is 0 Å². The summed E-state index contributed by atoms with van der Waals surface area (Å²) >= 11 is 0. The summed E-state index contributed by atoms with van der Waals surface area (Å²) in [5, 5.41) is 3.14. The van der Waals surface area contributed by atoms with E-state index in [1.165, 1.54) is 0 Å². The maximum atomic E-state index is 5.74. The lowest BCUT2D eigenvalue weighted by Crippen LogP contribution is -2.40. The summed E-state index contributed by atoms with van der Waals surface area (Å²) in [5.74, 6) is 0.342. The second-order valence-corrected chi connectivity index (χ2v) is 3.30. The Hall–Kier alpha value is -0.160. The monoisotopic (exact) mass is 174 g/mol. The Morgan fingerprint density at radius 3 is 2.17 bits per heavy atom. The number of hydrogen-bond acceptors (Lipinski definition) is 4. The molecule has 0 aromatic carbocycles. The zero-order valence-corrected chi connectivity index (χ0v) is 8.09. The molecule has 0 aromatic heterocycles. The lowest BCUT2D eigenvalue weighted by atomic mass is 10.0. The van der Waals surface area contributed by atoms with Gasteiger partial charge in [0, 0.05) is 0 Å². The summed E-state index contributed by atoms with van der Waals surface area (Å²) in [4.78, 5) is 0. The van der Waals surface area contributed by atoms with Gasteiger partial charge in [-0.1, -0.05) is 13.8 Å². The fourth-order valence-electron chi connectivity index (χ4n) is 0.999. The minimum atomic E-state index is -0.223. The summed E-state index contributed by atoms with van der Waals surface area (Å²) < 4.78 is 0. The van der Waals surface area contributed by atoms with E-state index in [1.54, 1.807) is 0 Å². The molecule has 0 radical (unpaired) electrons. The molecule has 0 aliphatic heterocycles. The molecule has 0 amide bonds. The number of nitrogens with one attached hydrogen (secondary N) is 1. The molecule has 7 N–H and O–H groups in total. The van der Waals surface area contributed by atoms with E-state index in [0.717, 1.165) is 19.4 Å². The Bertz CT molecular complexity index is 105. The lowest BCUT2D eigenvalue weighted by molar-refractivity contribution is 0.383. The fraction of sp³-hybridized carbons (Fsp3) is 1.00. The van der Waals surface area contributed by atoms with E-state index in [9.17, 15) is 0 Å². The standard InChI is InChI=1S/C8H22N4/c1-3-12-7(9)5-4-6(2)8(10)11/h6-8,12H,3-5,9-11H2,1-2H3. The average molecular weight is 174 g/mol. The Morgan fingerprint density at radius 1 is 1.17 bits per heavy atom. The van der Waals surface area contributed by atoms with Crippen molar-refractivity contribution < 1.29 is 0 Å². The molecule has 2 unspecified atom stereocenters. The van der Waals surface area contributed by atoms with Crippen LogP contribution in [-0.2, 0) is 0 Å². The van der Waals surface area contributed by atoms with Crippen molar-refractivity contribution >= 4 is 0 Å². The molecule has 0 aliphatic carbocycles. The van der Waals surface area contributed by atoms with Gasteiger partial charge in [-0.05, 0) is 25.3 Å². The van der Waals surface area contributed by atoms with Gasteiger partial charge in [0.15, 0.2) is 0 Å². The third kappa shape index (κ3) is 5.49. The molecular weight excluding hydrogens is 152 g/mol. The van der Waals surface area contributed by atoms with Gasteiger partial charge in [0.2, 0.25) is 0 Å². The summed E-state index contributed by atoms with van der Waals surface area (Å²) in [7, 11) is 0. The molecule has 0 fully saturated rings. The van der Waals surface area contributed by atoms with Crippen LogP contribution in [0.15, 0.2) is 0 Å². The molecule has 74 valence electrons. The summed E-state index contributed by atoms with van der Waals surface area (Å²) in [6, 6.07) is 0. The molecule has 0 bridgehead atoms. The predicted octanol–water partition coefficient (Wildman–Crippen LogP) is -0.459. The topological polar surface area (TPSA) is 90.1 Å². The van der Waals surface area contributed by atoms with Crippen molar-refractivity contribution in [1.82, 2.24) is 5.32 Å². The van der Waals surface area contributed by atoms with Crippen LogP contribution in [0.3, 0.4) is 0 Å². The van der Waals surface area contributed by atoms with Crippen molar-refractivity contribution in [2.45, 2.75) is 39.0 Å². The fourth-order valence-corrected chi connectivity index (χ4v) is 0.999. The van der Waals surface area contributed by atoms with Crippen molar-refractivity contribution in [3.05, 3.63) is 0 Å². The first kappa shape index (κ1) is 11.8. The molecule has 4 nitrogen and oxygen atoms in total. The SMILES string of the molecule is CCNC(N)CCC(C)C(N)N. The van der Waals surface area contributed by atoms with E-state index in [2.05, 4.69) is 5.32 Å². The smallest absolute Gasteiger partial charge is 0.0547 e. The van der Waals surface area contributed by atoms with E-state index in [-0.39, 0.29) is 12.3 Å². The van der Waals surface area contributed by atoms with E-state index in [4.69, 9.17) is 17.2 Å². The van der Waals surface area contributed by atoms with Crippen LogP contribution in [0.5, 0.6) is 0 Å². The molecule has 0 saturated heterocycles. The summed E-state index contributed by atoms with van der Waals surface area (Å²) in [6.45, 7) is 4.99. The van der Waals surface area contributed by atoms with Crippen LogP contribution in [-0.4, -0.2) is 18.9 Å². The minimum Gasteiger partial charge on any atom is -0.316 e.